The normalized spacial score (nSPS) is 10.8. The highest BCUT2D eigenvalue weighted by atomic mass is 35.5. The van der Waals surface area contributed by atoms with Crippen molar-refractivity contribution in [3.8, 4) is 11.4 Å². The topological polar surface area (TPSA) is 116 Å². The van der Waals surface area contributed by atoms with Crippen molar-refractivity contribution in [2.24, 2.45) is 0 Å². The lowest BCUT2D eigenvalue weighted by Gasteiger charge is -2.12. The van der Waals surface area contributed by atoms with Gasteiger partial charge in [-0.2, -0.15) is 10.2 Å². The molecule has 0 unspecified atom stereocenters. The Morgan fingerprint density at radius 3 is 2.54 bits per heavy atom. The van der Waals surface area contributed by atoms with Crippen molar-refractivity contribution in [1.29, 1.82) is 0 Å². The molecule has 2 heterocycles. The molecule has 0 aliphatic carbocycles. The van der Waals surface area contributed by atoms with Crippen LogP contribution in [-0.4, -0.2) is 20.2 Å². The zero-order valence-electron chi connectivity index (χ0n) is 13.5. The van der Waals surface area contributed by atoms with Gasteiger partial charge in [-0.3, -0.25) is 0 Å². The van der Waals surface area contributed by atoms with Gasteiger partial charge in [0.2, 0.25) is 0 Å². The summed E-state index contributed by atoms with van der Waals surface area (Å²) in [5, 5.41) is 12.3. The second-order valence-corrected chi connectivity index (χ2v) is 6.14. The highest BCUT2D eigenvalue weighted by molar-refractivity contribution is 6.31. The van der Waals surface area contributed by atoms with Gasteiger partial charge in [-0.1, -0.05) is 11.6 Å². The predicted octanol–water partition coefficient (Wildman–Crippen LogP) is 3.65. The number of anilines is 4. The Morgan fingerprint density at radius 1 is 0.885 bits per heavy atom. The first-order valence-corrected chi connectivity index (χ1v) is 8.14. The summed E-state index contributed by atoms with van der Waals surface area (Å²) >= 11 is 6.10. The van der Waals surface area contributed by atoms with E-state index in [2.05, 4.69) is 25.5 Å². The Bertz CT molecular complexity index is 1080. The Labute approximate surface area is 154 Å². The third-order valence-electron chi connectivity index (χ3n) is 3.75. The van der Waals surface area contributed by atoms with Crippen LogP contribution >= 0.6 is 11.6 Å². The number of nitrogen functional groups attached to an aromatic ring is 2. The van der Waals surface area contributed by atoms with Crippen LogP contribution in [-0.2, 0) is 0 Å². The molecule has 0 amide bonds. The summed E-state index contributed by atoms with van der Waals surface area (Å²) in [6.45, 7) is 0. The molecule has 7 nitrogen and oxygen atoms in total. The smallest absolute Gasteiger partial charge is 0.163 e. The van der Waals surface area contributed by atoms with Crippen molar-refractivity contribution in [2.45, 2.75) is 0 Å². The van der Waals surface area contributed by atoms with E-state index < -0.39 is 0 Å². The average molecular weight is 364 g/mol. The van der Waals surface area contributed by atoms with Gasteiger partial charge in [0.15, 0.2) is 5.82 Å². The number of hydrogen-bond acceptors (Lipinski definition) is 7. The van der Waals surface area contributed by atoms with Crippen LogP contribution < -0.4 is 16.8 Å². The van der Waals surface area contributed by atoms with Crippen molar-refractivity contribution >= 4 is 45.4 Å². The van der Waals surface area contributed by atoms with Crippen LogP contribution in [0, 0.1) is 0 Å². The Hall–Kier alpha value is -3.45. The molecule has 0 fully saturated rings. The van der Waals surface area contributed by atoms with Crippen molar-refractivity contribution in [2.75, 3.05) is 16.8 Å². The molecule has 128 valence electrons. The molecule has 0 aliphatic rings. The van der Waals surface area contributed by atoms with Gasteiger partial charge in [0.25, 0.3) is 0 Å². The van der Waals surface area contributed by atoms with Gasteiger partial charge >= 0.3 is 0 Å². The molecule has 0 atom stereocenters. The highest BCUT2D eigenvalue weighted by Gasteiger charge is 2.11. The molecule has 0 spiro atoms. The van der Waals surface area contributed by atoms with Gasteiger partial charge in [0.05, 0.1) is 17.9 Å². The maximum atomic E-state index is 6.10. The number of hydrogen-bond donors (Lipinski definition) is 3. The Morgan fingerprint density at radius 2 is 1.77 bits per heavy atom. The number of rotatable bonds is 3. The third-order valence-corrected chi connectivity index (χ3v) is 3.96. The molecule has 2 aromatic carbocycles. The fraction of sp³-hybridized carbons (Fsp3) is 0. The molecule has 2 aromatic heterocycles. The molecule has 0 saturated heterocycles. The van der Waals surface area contributed by atoms with Gasteiger partial charge in [-0.05, 0) is 42.5 Å². The first kappa shape index (κ1) is 16.0. The number of halogens is 1. The van der Waals surface area contributed by atoms with Crippen LogP contribution in [0.2, 0.25) is 5.02 Å². The number of nitrogens with two attached hydrogens (primary N) is 2. The van der Waals surface area contributed by atoms with Gasteiger partial charge in [-0.15, -0.1) is 0 Å². The molecule has 0 radical (unpaired) electrons. The first-order chi connectivity index (χ1) is 12.6. The maximum absolute atomic E-state index is 6.10. The molecule has 4 rings (SSSR count). The molecule has 0 saturated carbocycles. The monoisotopic (exact) mass is 363 g/mol. The molecule has 0 bridgehead atoms. The lowest BCUT2D eigenvalue weighted by Crippen LogP contribution is -2.01. The molecular formula is C18H14ClN7. The van der Waals surface area contributed by atoms with E-state index >= 15 is 0 Å². The van der Waals surface area contributed by atoms with Crippen molar-refractivity contribution in [1.82, 2.24) is 20.2 Å². The fourth-order valence-corrected chi connectivity index (χ4v) is 2.86. The lowest BCUT2D eigenvalue weighted by atomic mass is 10.2. The predicted molar refractivity (Wildman–Crippen MR) is 104 cm³/mol. The standard InChI is InChI=1S/C18H14ClN7/c19-11-5-13(21)7-14(6-11)24-18-15-2-1-12(20)8-16(15)25-17(26-18)10-3-4-22-23-9-10/h1-9H,20-21H2,(H,24,25,26). The SMILES string of the molecule is Nc1cc(Cl)cc(Nc2nc(-c3ccnnc3)nc3cc(N)ccc23)c1. The first-order valence-electron chi connectivity index (χ1n) is 7.76. The zero-order valence-corrected chi connectivity index (χ0v) is 14.3. The number of fused-ring (bicyclic) bond motifs is 1. The summed E-state index contributed by atoms with van der Waals surface area (Å²) in [6.07, 6.45) is 3.20. The van der Waals surface area contributed by atoms with Crippen LogP contribution in [0.1, 0.15) is 0 Å². The number of nitrogens with one attached hydrogen (secondary N) is 1. The summed E-state index contributed by atoms with van der Waals surface area (Å²) in [6, 6.07) is 12.5. The van der Waals surface area contributed by atoms with E-state index in [0.717, 1.165) is 16.6 Å². The number of benzene rings is 2. The van der Waals surface area contributed by atoms with Crippen molar-refractivity contribution in [3.63, 3.8) is 0 Å². The van der Waals surface area contributed by atoms with Gasteiger partial charge in [0.1, 0.15) is 5.82 Å². The fourth-order valence-electron chi connectivity index (χ4n) is 2.62. The second-order valence-electron chi connectivity index (χ2n) is 5.70. The third kappa shape index (κ3) is 3.20. The summed E-state index contributed by atoms with van der Waals surface area (Å²) < 4.78 is 0. The van der Waals surface area contributed by atoms with E-state index in [1.807, 2.05) is 6.07 Å². The largest absolute Gasteiger partial charge is 0.399 e. The molecule has 0 aliphatic heterocycles. The van der Waals surface area contributed by atoms with Crippen LogP contribution in [0.25, 0.3) is 22.3 Å². The molecule has 5 N–H and O–H groups in total. The van der Waals surface area contributed by atoms with Crippen LogP contribution in [0.3, 0.4) is 0 Å². The summed E-state index contributed by atoms with van der Waals surface area (Å²) in [4.78, 5) is 9.23. The van der Waals surface area contributed by atoms with Gasteiger partial charge < -0.3 is 16.8 Å². The Balaban J connectivity index is 1.89. The van der Waals surface area contributed by atoms with E-state index in [4.69, 9.17) is 23.1 Å². The molecule has 4 aromatic rings. The maximum Gasteiger partial charge on any atom is 0.163 e. The van der Waals surface area contributed by atoms with E-state index in [0.29, 0.717) is 33.6 Å². The van der Waals surface area contributed by atoms with Gasteiger partial charge in [0, 0.05) is 33.0 Å². The van der Waals surface area contributed by atoms with E-state index in [1.54, 1.807) is 48.8 Å². The molecule has 26 heavy (non-hydrogen) atoms. The minimum atomic E-state index is 0.510. The van der Waals surface area contributed by atoms with E-state index in [9.17, 15) is 0 Å². The van der Waals surface area contributed by atoms with Crippen molar-refractivity contribution in [3.05, 3.63) is 59.9 Å². The van der Waals surface area contributed by atoms with E-state index in [-0.39, 0.29) is 0 Å². The number of aromatic nitrogens is 4. The van der Waals surface area contributed by atoms with Crippen LogP contribution in [0.5, 0.6) is 0 Å². The Kier molecular flexibility index (Phi) is 3.98. The van der Waals surface area contributed by atoms with Crippen LogP contribution in [0.4, 0.5) is 22.9 Å². The summed E-state index contributed by atoms with van der Waals surface area (Å²) in [5.74, 6) is 1.12. The highest BCUT2D eigenvalue weighted by Crippen LogP contribution is 2.30. The minimum absolute atomic E-state index is 0.510. The molecular weight excluding hydrogens is 350 g/mol. The number of nitrogens with zero attached hydrogens (tertiary/aromatic N) is 4. The van der Waals surface area contributed by atoms with Crippen LogP contribution in [0.15, 0.2) is 54.9 Å². The van der Waals surface area contributed by atoms with Crippen molar-refractivity contribution < 1.29 is 0 Å². The quantitative estimate of drug-likeness (QED) is 0.476. The van der Waals surface area contributed by atoms with Gasteiger partial charge in [-0.25, -0.2) is 9.97 Å². The second kappa shape index (κ2) is 6.45. The molecule has 8 heteroatoms. The van der Waals surface area contributed by atoms with E-state index in [1.165, 1.54) is 0 Å². The summed E-state index contributed by atoms with van der Waals surface area (Å²) in [5.41, 5.74) is 15.2. The lowest BCUT2D eigenvalue weighted by molar-refractivity contribution is 1.03. The minimum Gasteiger partial charge on any atom is -0.399 e. The summed E-state index contributed by atoms with van der Waals surface area (Å²) in [7, 11) is 0. The average Bonchev–Trinajstić information content (AvgIpc) is 2.61. The zero-order chi connectivity index (χ0) is 18.1.